The number of rotatable bonds is 6. The van der Waals surface area contributed by atoms with Crippen LogP contribution in [-0.2, 0) is 31.1 Å². The SMILES string of the molecule is CC(C)(C)Cc1cccc(CC(C)(C)C)c1B1c2cccc3c2N2c4c1cccc4C14c5ccccc5C(c5ccccc51)c1ccc(c2c14)B3c1c(CC(C)(C)C)cccc1CC(C)(C)C. The first-order chi connectivity index (χ1) is 31.8. The van der Waals surface area contributed by atoms with Crippen LogP contribution in [0.2, 0.25) is 0 Å². The molecule has 2 bridgehead atoms. The van der Waals surface area contributed by atoms with E-state index in [1.807, 2.05) is 0 Å². The third-order valence-corrected chi connectivity index (χ3v) is 15.8. The van der Waals surface area contributed by atoms with Crippen molar-refractivity contribution in [1.29, 1.82) is 0 Å². The average Bonchev–Trinajstić information content (AvgIpc) is 3.24. The number of para-hydroxylation sites is 2. The van der Waals surface area contributed by atoms with E-state index in [2.05, 4.69) is 221 Å². The first-order valence-electron chi connectivity index (χ1n) is 25.4. The van der Waals surface area contributed by atoms with E-state index in [1.54, 1.807) is 0 Å². The summed E-state index contributed by atoms with van der Waals surface area (Å²) in [6, 6.07) is 53.9. The molecule has 1 nitrogen and oxygen atoms in total. The number of hydrogen-bond donors (Lipinski definition) is 0. The molecule has 0 amide bonds. The van der Waals surface area contributed by atoms with Crippen LogP contribution in [0.1, 0.15) is 150 Å². The lowest BCUT2D eigenvalue weighted by molar-refractivity contribution is 0.406. The van der Waals surface area contributed by atoms with Gasteiger partial charge in [0.25, 0.3) is 0 Å². The van der Waals surface area contributed by atoms with Crippen molar-refractivity contribution in [1.82, 2.24) is 0 Å². The summed E-state index contributed by atoms with van der Waals surface area (Å²) in [6.07, 6.45) is 4.08. The molecule has 6 aliphatic rings. The molecular formula is C64H67B2N. The van der Waals surface area contributed by atoms with Crippen molar-refractivity contribution in [2.75, 3.05) is 4.90 Å². The van der Waals surface area contributed by atoms with Crippen molar-refractivity contribution in [2.24, 2.45) is 21.7 Å². The van der Waals surface area contributed by atoms with E-state index in [9.17, 15) is 0 Å². The Morgan fingerprint density at radius 2 is 0.746 bits per heavy atom. The lowest BCUT2D eigenvalue weighted by Crippen LogP contribution is -2.68. The summed E-state index contributed by atoms with van der Waals surface area (Å²) >= 11 is 0. The van der Waals surface area contributed by atoms with Gasteiger partial charge in [0.05, 0.1) is 5.41 Å². The van der Waals surface area contributed by atoms with Gasteiger partial charge in [0, 0.05) is 23.0 Å². The first-order valence-corrected chi connectivity index (χ1v) is 25.4. The second-order valence-corrected chi connectivity index (χ2v) is 26.0. The van der Waals surface area contributed by atoms with E-state index in [1.165, 1.54) is 111 Å². The fraction of sp³-hybridized carbons (Fsp3) is 0.344. The van der Waals surface area contributed by atoms with E-state index in [0.29, 0.717) is 0 Å². The quantitative estimate of drug-likeness (QED) is 0.151. The molecule has 0 unspecified atom stereocenters. The molecule has 0 saturated carbocycles. The summed E-state index contributed by atoms with van der Waals surface area (Å²) in [5, 5.41) is 0. The Morgan fingerprint density at radius 1 is 0.373 bits per heavy atom. The Morgan fingerprint density at radius 3 is 1.19 bits per heavy atom. The topological polar surface area (TPSA) is 3.24 Å². The largest absolute Gasteiger partial charge is 0.312 e. The average molecular weight is 872 g/mol. The van der Waals surface area contributed by atoms with Crippen LogP contribution in [-0.4, -0.2) is 13.4 Å². The van der Waals surface area contributed by atoms with Crippen molar-refractivity contribution < 1.29 is 0 Å². The molecule has 13 rings (SSSR count). The van der Waals surface area contributed by atoms with E-state index in [4.69, 9.17) is 0 Å². The maximum Gasteiger partial charge on any atom is 0.247 e. The highest BCUT2D eigenvalue weighted by Crippen LogP contribution is 2.68. The molecule has 334 valence electrons. The van der Waals surface area contributed by atoms with Gasteiger partial charge in [-0.3, -0.25) is 0 Å². The monoisotopic (exact) mass is 872 g/mol. The molecule has 3 aliphatic heterocycles. The molecular weight excluding hydrogens is 804 g/mol. The summed E-state index contributed by atoms with van der Waals surface area (Å²) in [4.78, 5) is 2.85. The lowest BCUT2D eigenvalue weighted by atomic mass is 9.28. The number of benzene rings is 7. The molecule has 3 heteroatoms. The van der Waals surface area contributed by atoms with Gasteiger partial charge in [-0.25, -0.2) is 0 Å². The van der Waals surface area contributed by atoms with Gasteiger partial charge < -0.3 is 4.90 Å². The van der Waals surface area contributed by atoms with Crippen LogP contribution >= 0.6 is 0 Å². The van der Waals surface area contributed by atoms with Gasteiger partial charge in [-0.15, -0.1) is 0 Å². The summed E-state index contributed by atoms with van der Waals surface area (Å²) in [6.45, 7) is 29.2. The zero-order chi connectivity index (χ0) is 46.7. The van der Waals surface area contributed by atoms with Gasteiger partial charge in [-0.2, -0.15) is 0 Å². The van der Waals surface area contributed by atoms with Crippen LogP contribution in [0.15, 0.2) is 133 Å². The molecule has 3 heterocycles. The maximum absolute atomic E-state index is 2.85. The van der Waals surface area contributed by atoms with Gasteiger partial charge in [0.2, 0.25) is 13.4 Å². The van der Waals surface area contributed by atoms with E-state index in [0.717, 1.165) is 25.7 Å². The Balaban J connectivity index is 1.28. The Labute approximate surface area is 402 Å². The van der Waals surface area contributed by atoms with Crippen LogP contribution in [0.5, 0.6) is 0 Å². The molecule has 67 heavy (non-hydrogen) atoms. The Kier molecular flexibility index (Phi) is 9.11. The van der Waals surface area contributed by atoms with Gasteiger partial charge in [0.15, 0.2) is 0 Å². The maximum atomic E-state index is 2.85. The van der Waals surface area contributed by atoms with E-state index >= 15 is 0 Å². The Hall–Kier alpha value is -5.53. The molecule has 1 spiro atoms. The van der Waals surface area contributed by atoms with Crippen molar-refractivity contribution in [2.45, 2.75) is 120 Å². The minimum Gasteiger partial charge on any atom is -0.312 e. The van der Waals surface area contributed by atoms with Crippen LogP contribution in [0.4, 0.5) is 17.1 Å². The van der Waals surface area contributed by atoms with E-state index in [-0.39, 0.29) is 41.0 Å². The molecule has 0 radical (unpaired) electrons. The zero-order valence-electron chi connectivity index (χ0n) is 42.2. The molecule has 0 aromatic heterocycles. The standard InChI is InChI=1S/C64H67B2N/c1-60(2,3)35-39-21-17-22-40(36-61(4,5)6)55(39)65-49-30-19-29-48-57(49)67-58-50(65)31-20-32-51(58)66(56-41(37-62(7,8)9)23-18-24-42(56)38-63(10,11)12)52-34-33-45-53-43-25-13-15-27-46(43)64(48,54(45)59(52)67)47-28-16-14-26-44(47)53/h13-34,53H,35-38H2,1-12H3. The fourth-order valence-corrected chi connectivity index (χ4v) is 14.2. The molecule has 0 fully saturated rings. The van der Waals surface area contributed by atoms with Crippen LogP contribution in [0.3, 0.4) is 0 Å². The molecule has 3 aliphatic carbocycles. The van der Waals surface area contributed by atoms with Crippen LogP contribution in [0, 0.1) is 21.7 Å². The fourth-order valence-electron chi connectivity index (χ4n) is 14.2. The Bertz CT molecular complexity index is 3080. The summed E-state index contributed by atoms with van der Waals surface area (Å²) in [5.74, 6) is 0.181. The van der Waals surface area contributed by atoms with Crippen LogP contribution in [0.25, 0.3) is 0 Å². The van der Waals surface area contributed by atoms with Gasteiger partial charge in [-0.05, 0) is 108 Å². The predicted octanol–water partition coefficient (Wildman–Crippen LogP) is 11.7. The molecule has 7 aromatic carbocycles. The first kappa shape index (κ1) is 42.8. The highest BCUT2D eigenvalue weighted by molar-refractivity contribution is 7.02. The van der Waals surface area contributed by atoms with Crippen molar-refractivity contribution in [3.8, 4) is 0 Å². The minimum absolute atomic E-state index is 0.0599. The summed E-state index contributed by atoms with van der Waals surface area (Å²) in [5.41, 5.74) is 29.4. The smallest absolute Gasteiger partial charge is 0.247 e. The summed E-state index contributed by atoms with van der Waals surface area (Å²) < 4.78 is 0. The summed E-state index contributed by atoms with van der Waals surface area (Å²) in [7, 11) is 0. The zero-order valence-corrected chi connectivity index (χ0v) is 42.2. The highest BCUT2D eigenvalue weighted by atomic mass is 15.2. The third-order valence-electron chi connectivity index (χ3n) is 15.8. The molecule has 0 saturated heterocycles. The molecule has 0 N–H and O–H groups in total. The molecule has 7 aromatic rings. The third kappa shape index (κ3) is 6.28. The number of nitrogens with zero attached hydrogens (tertiary/aromatic N) is 1. The van der Waals surface area contributed by atoms with Gasteiger partial charge in [0.1, 0.15) is 0 Å². The van der Waals surface area contributed by atoms with Crippen LogP contribution < -0.4 is 37.7 Å². The van der Waals surface area contributed by atoms with Crippen molar-refractivity contribution in [3.05, 3.63) is 195 Å². The second kappa shape index (κ2) is 14.3. The second-order valence-electron chi connectivity index (χ2n) is 26.0. The van der Waals surface area contributed by atoms with Crippen molar-refractivity contribution in [3.63, 3.8) is 0 Å². The normalized spacial score (nSPS) is 18.2. The predicted molar refractivity (Wildman–Crippen MR) is 289 cm³/mol. The van der Waals surface area contributed by atoms with Gasteiger partial charge in [-0.1, -0.05) is 250 Å². The number of hydrogen-bond acceptors (Lipinski definition) is 1. The van der Waals surface area contributed by atoms with Gasteiger partial charge >= 0.3 is 0 Å². The lowest BCUT2D eigenvalue weighted by Gasteiger charge is -2.59. The van der Waals surface area contributed by atoms with E-state index < -0.39 is 5.41 Å². The molecule has 0 atom stereocenters. The highest BCUT2D eigenvalue weighted by Gasteiger charge is 2.61. The number of anilines is 3. The minimum atomic E-state index is -0.471. The van der Waals surface area contributed by atoms with Crippen molar-refractivity contribution >= 4 is 63.3 Å².